The summed E-state index contributed by atoms with van der Waals surface area (Å²) in [4.78, 5) is 0. The fraction of sp³-hybridized carbons (Fsp3) is 0.769. The number of halogens is 1. The number of unbranched alkanes of at least 4 members (excludes halogenated alkanes) is 1. The Morgan fingerprint density at radius 1 is 0.931 bits per heavy atom. The minimum Gasteiger partial charge on any atom is -0.491 e. The Morgan fingerprint density at radius 2 is 1.62 bits per heavy atom. The van der Waals surface area contributed by atoms with E-state index in [1.54, 1.807) is 31.0 Å². The van der Waals surface area contributed by atoms with Gasteiger partial charge in [-0.15, -0.1) is 0 Å². The molecule has 0 amide bonds. The Morgan fingerprint density at radius 3 is 2.28 bits per heavy atom. The summed E-state index contributed by atoms with van der Waals surface area (Å²) in [6, 6.07) is 13.1. The lowest BCUT2D eigenvalue weighted by atomic mass is 9.73. The van der Waals surface area contributed by atoms with Crippen LogP contribution in [0.25, 0.3) is 0 Å². The molecule has 3 rings (SSSR count). The molecule has 0 N–H and O–H groups in total. The summed E-state index contributed by atoms with van der Waals surface area (Å²) in [6.45, 7) is 2.11. The monoisotopic (exact) mass is 418 g/mol. The van der Waals surface area contributed by atoms with Crippen LogP contribution in [0.5, 0.6) is 5.75 Å². The summed E-state index contributed by atoms with van der Waals surface area (Å²) in [5, 5.41) is 0. The highest BCUT2D eigenvalue weighted by Crippen LogP contribution is 2.42. The van der Waals surface area contributed by atoms with E-state index in [0.717, 1.165) is 29.9 Å². The second-order valence-corrected chi connectivity index (χ2v) is 13.2. The van der Waals surface area contributed by atoms with Crippen molar-refractivity contribution < 1.29 is 9.13 Å². The van der Waals surface area contributed by atoms with Crippen LogP contribution in [-0.4, -0.2) is 22.1 Å². The maximum absolute atomic E-state index is 12.1. The minimum absolute atomic E-state index is 0.156. The second-order valence-electron chi connectivity index (χ2n) is 9.78. The molecule has 0 atom stereocenters. The van der Waals surface area contributed by atoms with Crippen molar-refractivity contribution in [3.8, 4) is 5.75 Å². The van der Waals surface area contributed by atoms with E-state index >= 15 is 0 Å². The van der Waals surface area contributed by atoms with E-state index in [0.29, 0.717) is 0 Å². The molecule has 1 saturated heterocycles. The van der Waals surface area contributed by atoms with Crippen LogP contribution in [0.4, 0.5) is 4.39 Å². The zero-order valence-corrected chi connectivity index (χ0v) is 19.9. The van der Waals surface area contributed by atoms with Crippen LogP contribution in [0, 0.1) is 17.8 Å². The van der Waals surface area contributed by atoms with Crippen molar-refractivity contribution in [1.82, 2.24) is 0 Å². The van der Waals surface area contributed by atoms with Crippen molar-refractivity contribution in [2.24, 2.45) is 17.8 Å². The summed E-state index contributed by atoms with van der Waals surface area (Å²) in [7, 11) is -0.307. The van der Waals surface area contributed by atoms with Crippen LogP contribution in [0.2, 0.25) is 18.1 Å². The molecule has 1 aliphatic carbocycles. The SMILES string of the molecule is CCC[SiH]1CCC([C@H]2CC[C@H](CCCCc3ccc(OCCF)cc3)CC2)CC1. The third-order valence-corrected chi connectivity index (χ3v) is 11.4. The Kier molecular flexibility index (Phi) is 10.1. The predicted molar refractivity (Wildman–Crippen MR) is 126 cm³/mol. The van der Waals surface area contributed by atoms with Gasteiger partial charge < -0.3 is 4.74 Å². The van der Waals surface area contributed by atoms with Gasteiger partial charge in [-0.05, 0) is 61.1 Å². The first kappa shape index (κ1) is 22.8. The van der Waals surface area contributed by atoms with Gasteiger partial charge in [0.25, 0.3) is 0 Å². The number of hydrogen-bond donors (Lipinski definition) is 0. The fourth-order valence-corrected chi connectivity index (χ4v) is 9.46. The van der Waals surface area contributed by atoms with E-state index in [1.807, 2.05) is 12.1 Å². The molecular formula is C26H43FOSi. The van der Waals surface area contributed by atoms with E-state index in [9.17, 15) is 4.39 Å². The Hall–Kier alpha value is -0.833. The lowest BCUT2D eigenvalue weighted by Crippen LogP contribution is -2.28. The lowest BCUT2D eigenvalue weighted by Gasteiger charge is -2.37. The van der Waals surface area contributed by atoms with Crippen molar-refractivity contribution >= 4 is 8.80 Å². The maximum atomic E-state index is 12.1. The molecule has 1 aromatic carbocycles. The van der Waals surface area contributed by atoms with E-state index in [-0.39, 0.29) is 15.4 Å². The van der Waals surface area contributed by atoms with Crippen molar-refractivity contribution in [3.05, 3.63) is 29.8 Å². The largest absolute Gasteiger partial charge is 0.491 e. The molecule has 0 aromatic heterocycles. The summed E-state index contributed by atoms with van der Waals surface area (Å²) in [6.07, 6.45) is 15.9. The minimum atomic E-state index is -0.425. The highest BCUT2D eigenvalue weighted by molar-refractivity contribution is 6.58. The number of ether oxygens (including phenoxy) is 1. The van der Waals surface area contributed by atoms with E-state index in [2.05, 4.69) is 19.1 Å². The summed E-state index contributed by atoms with van der Waals surface area (Å²) >= 11 is 0. The lowest BCUT2D eigenvalue weighted by molar-refractivity contribution is 0.184. The number of hydrogen-bond acceptors (Lipinski definition) is 1. The quantitative estimate of drug-likeness (QED) is 0.265. The van der Waals surface area contributed by atoms with Crippen molar-refractivity contribution in [2.75, 3.05) is 13.3 Å². The Labute approximate surface area is 180 Å². The predicted octanol–water partition coefficient (Wildman–Crippen LogP) is 7.60. The molecule has 1 nitrogen and oxygen atoms in total. The van der Waals surface area contributed by atoms with Gasteiger partial charge in [0.15, 0.2) is 0 Å². The summed E-state index contributed by atoms with van der Waals surface area (Å²) in [5.74, 6) is 3.94. The molecule has 1 aromatic rings. The number of aryl methyl sites for hydroxylation is 1. The van der Waals surface area contributed by atoms with Gasteiger partial charge in [-0.25, -0.2) is 4.39 Å². The van der Waals surface area contributed by atoms with Crippen LogP contribution in [0.3, 0.4) is 0 Å². The van der Waals surface area contributed by atoms with Crippen LogP contribution in [0.1, 0.15) is 76.7 Å². The number of rotatable bonds is 11. The molecule has 3 heteroatoms. The normalized spacial score (nSPS) is 27.7. The standard InChI is InChI=1S/C26H43FOSi/c1-2-19-29-20-15-25(16-21-29)24-11-7-22(8-12-24)5-3-4-6-23-9-13-26(14-10-23)28-18-17-27/h9-10,13-14,22,24-25,29H,2-8,11-12,15-21H2,1H3/t22-,24-,25?,29?. The average molecular weight is 419 g/mol. The van der Waals surface area contributed by atoms with Crippen LogP contribution < -0.4 is 4.74 Å². The second kappa shape index (κ2) is 12.8. The van der Waals surface area contributed by atoms with Gasteiger partial charge in [0.1, 0.15) is 19.0 Å². The topological polar surface area (TPSA) is 9.23 Å². The third kappa shape index (κ3) is 7.73. The van der Waals surface area contributed by atoms with Gasteiger partial charge in [0.2, 0.25) is 0 Å². The van der Waals surface area contributed by atoms with Crippen LogP contribution >= 0.6 is 0 Å². The third-order valence-electron chi connectivity index (χ3n) is 7.74. The molecular weight excluding hydrogens is 375 g/mol. The smallest absolute Gasteiger partial charge is 0.123 e. The van der Waals surface area contributed by atoms with Crippen molar-refractivity contribution in [2.45, 2.75) is 95.7 Å². The van der Waals surface area contributed by atoms with Crippen LogP contribution in [-0.2, 0) is 6.42 Å². The molecule has 0 bridgehead atoms. The summed E-state index contributed by atoms with van der Waals surface area (Å²) < 4.78 is 17.5. The molecule has 0 unspecified atom stereocenters. The molecule has 0 radical (unpaired) electrons. The molecule has 1 saturated carbocycles. The Balaban J connectivity index is 1.26. The highest BCUT2D eigenvalue weighted by atomic mass is 28.3. The van der Waals surface area contributed by atoms with E-state index in [1.165, 1.54) is 56.9 Å². The summed E-state index contributed by atoms with van der Waals surface area (Å²) in [5.41, 5.74) is 1.38. The molecule has 0 spiro atoms. The average Bonchev–Trinajstić information content (AvgIpc) is 2.77. The van der Waals surface area contributed by atoms with Gasteiger partial charge in [0.05, 0.1) is 0 Å². The van der Waals surface area contributed by atoms with Gasteiger partial charge in [0, 0.05) is 8.80 Å². The Bertz CT molecular complexity index is 544. The van der Waals surface area contributed by atoms with Crippen LogP contribution in [0.15, 0.2) is 24.3 Å². The number of benzene rings is 1. The van der Waals surface area contributed by atoms with Gasteiger partial charge in [-0.3, -0.25) is 0 Å². The van der Waals surface area contributed by atoms with E-state index < -0.39 is 6.67 Å². The zero-order chi connectivity index (χ0) is 20.3. The first-order valence-corrected chi connectivity index (χ1v) is 15.0. The van der Waals surface area contributed by atoms with Crippen molar-refractivity contribution in [1.29, 1.82) is 0 Å². The zero-order valence-electron chi connectivity index (χ0n) is 18.7. The first-order chi connectivity index (χ1) is 14.3. The number of alkyl halides is 1. The van der Waals surface area contributed by atoms with Crippen molar-refractivity contribution in [3.63, 3.8) is 0 Å². The molecule has 2 fully saturated rings. The molecule has 1 aliphatic heterocycles. The first-order valence-electron chi connectivity index (χ1n) is 12.6. The maximum Gasteiger partial charge on any atom is 0.123 e. The molecule has 29 heavy (non-hydrogen) atoms. The van der Waals surface area contributed by atoms with Gasteiger partial charge in [-0.2, -0.15) is 0 Å². The molecule has 2 aliphatic rings. The van der Waals surface area contributed by atoms with Gasteiger partial charge in [-0.1, -0.05) is 82.1 Å². The molecule has 1 heterocycles. The molecule has 164 valence electrons. The fourth-order valence-electron chi connectivity index (χ4n) is 5.98. The highest BCUT2D eigenvalue weighted by Gasteiger charge is 2.30. The van der Waals surface area contributed by atoms with Gasteiger partial charge >= 0.3 is 0 Å². The van der Waals surface area contributed by atoms with E-state index in [4.69, 9.17) is 4.74 Å².